The van der Waals surface area contributed by atoms with Gasteiger partial charge in [0, 0.05) is 0 Å². The summed E-state index contributed by atoms with van der Waals surface area (Å²) in [5, 5.41) is 0. The summed E-state index contributed by atoms with van der Waals surface area (Å²) in [5.74, 6) is 2.53. The van der Waals surface area contributed by atoms with Crippen LogP contribution in [0.1, 0.15) is 57.8 Å². The number of unbranched alkanes of at least 4 members (excludes halogenated alkanes) is 4. The molecule has 0 amide bonds. The maximum atomic E-state index is 4.39. The lowest BCUT2D eigenvalue weighted by Gasteiger charge is -2.39. The first-order chi connectivity index (χ1) is 8.81. The van der Waals surface area contributed by atoms with Crippen LogP contribution in [0.25, 0.3) is 0 Å². The zero-order chi connectivity index (χ0) is 12.8. The smallest absolute Gasteiger partial charge is 0.0137 e. The Kier molecular flexibility index (Phi) is 5.96. The monoisotopic (exact) mass is 264 g/mol. The van der Waals surface area contributed by atoms with Crippen LogP contribution in [0.2, 0.25) is 0 Å². The quantitative estimate of drug-likeness (QED) is 0.314. The van der Waals surface area contributed by atoms with E-state index >= 15 is 0 Å². The summed E-state index contributed by atoms with van der Waals surface area (Å²) in [6.07, 6.45) is 18.7. The van der Waals surface area contributed by atoms with Crippen molar-refractivity contribution < 1.29 is 0 Å². The minimum atomic E-state index is 0.820. The molecule has 0 aromatic rings. The maximum Gasteiger partial charge on any atom is -0.0137 e. The Labute approximate surface area is 116 Å². The van der Waals surface area contributed by atoms with E-state index in [1.165, 1.54) is 63.9 Å². The fourth-order valence-electron chi connectivity index (χ4n) is 3.61. The highest BCUT2D eigenvalue weighted by molar-refractivity contribution is 7.16. The van der Waals surface area contributed by atoms with Crippen LogP contribution in [-0.2, 0) is 0 Å². The average molecular weight is 264 g/mol. The third-order valence-corrected chi connectivity index (χ3v) is 5.21. The van der Waals surface area contributed by atoms with Gasteiger partial charge >= 0.3 is 0 Å². The van der Waals surface area contributed by atoms with Crippen LogP contribution in [0.3, 0.4) is 0 Å². The number of hydrogen-bond donors (Lipinski definition) is 0. The summed E-state index contributed by atoms with van der Waals surface area (Å²) >= 11 is 0. The molecule has 18 heavy (non-hydrogen) atoms. The van der Waals surface area contributed by atoms with Gasteiger partial charge in [0.05, 0.1) is 0 Å². The van der Waals surface area contributed by atoms with Crippen molar-refractivity contribution >= 4 is 9.24 Å². The molecule has 2 bridgehead atoms. The van der Waals surface area contributed by atoms with Gasteiger partial charge in [-0.3, -0.25) is 0 Å². The second-order valence-corrected chi connectivity index (χ2v) is 6.77. The molecule has 0 radical (unpaired) electrons. The summed E-state index contributed by atoms with van der Waals surface area (Å²) < 4.78 is 0. The predicted octanol–water partition coefficient (Wildman–Crippen LogP) is 5.36. The summed E-state index contributed by atoms with van der Waals surface area (Å²) in [5.41, 5.74) is 1.56. The molecule has 1 saturated carbocycles. The minimum absolute atomic E-state index is 0.820. The molecule has 0 saturated heterocycles. The van der Waals surface area contributed by atoms with E-state index in [0.29, 0.717) is 0 Å². The van der Waals surface area contributed by atoms with Crippen LogP contribution in [0.5, 0.6) is 0 Å². The molecular formula is C17H29P. The first-order valence-corrected chi connectivity index (χ1v) is 8.69. The summed E-state index contributed by atoms with van der Waals surface area (Å²) in [6, 6.07) is 0. The zero-order valence-corrected chi connectivity index (χ0v) is 12.9. The van der Waals surface area contributed by atoms with Crippen molar-refractivity contribution in [2.24, 2.45) is 17.8 Å². The maximum absolute atomic E-state index is 4.39. The SMILES string of the molecule is C=C(CCCCCCCP)C1CC2C=CC1CC2. The fraction of sp³-hybridized carbons (Fsp3) is 0.765. The highest BCUT2D eigenvalue weighted by Crippen LogP contribution is 2.44. The van der Waals surface area contributed by atoms with Crippen molar-refractivity contribution in [3.63, 3.8) is 0 Å². The van der Waals surface area contributed by atoms with Crippen LogP contribution in [0, 0.1) is 17.8 Å². The topological polar surface area (TPSA) is 0 Å². The standard InChI is InChI=1S/C17H29P/c1-14(7-5-3-2-4-6-12-18)17-13-15-8-10-16(17)11-9-15/h8,10,15-17H,1-7,9,11-13,18H2. The van der Waals surface area contributed by atoms with E-state index in [2.05, 4.69) is 28.0 Å². The Morgan fingerprint density at radius 1 is 1.06 bits per heavy atom. The molecule has 1 heteroatoms. The van der Waals surface area contributed by atoms with Gasteiger partial charge in [0.25, 0.3) is 0 Å². The van der Waals surface area contributed by atoms with Gasteiger partial charge in [0.1, 0.15) is 0 Å². The first-order valence-electron chi connectivity index (χ1n) is 7.87. The van der Waals surface area contributed by atoms with E-state index in [4.69, 9.17) is 0 Å². The zero-order valence-electron chi connectivity index (χ0n) is 11.7. The first kappa shape index (κ1) is 14.3. The van der Waals surface area contributed by atoms with E-state index in [1.807, 2.05) is 0 Å². The van der Waals surface area contributed by atoms with Crippen molar-refractivity contribution in [2.75, 3.05) is 6.16 Å². The van der Waals surface area contributed by atoms with Gasteiger partial charge < -0.3 is 0 Å². The average Bonchev–Trinajstić information content (AvgIpc) is 2.43. The molecule has 0 N–H and O–H groups in total. The third-order valence-electron chi connectivity index (χ3n) is 4.80. The van der Waals surface area contributed by atoms with Crippen LogP contribution >= 0.6 is 9.24 Å². The normalized spacial score (nSPS) is 29.7. The van der Waals surface area contributed by atoms with Crippen molar-refractivity contribution in [2.45, 2.75) is 57.8 Å². The molecule has 0 spiro atoms. The predicted molar refractivity (Wildman–Crippen MR) is 84.9 cm³/mol. The molecule has 1 fully saturated rings. The van der Waals surface area contributed by atoms with Gasteiger partial charge in [-0.05, 0) is 62.4 Å². The molecule has 0 aromatic carbocycles. The Bertz CT molecular complexity index is 292. The third kappa shape index (κ3) is 3.95. The van der Waals surface area contributed by atoms with E-state index < -0.39 is 0 Å². The molecule has 0 aliphatic heterocycles. The van der Waals surface area contributed by atoms with Crippen molar-refractivity contribution in [3.05, 3.63) is 24.3 Å². The Hall–Kier alpha value is -0.0900. The number of allylic oxidation sites excluding steroid dienone is 3. The molecule has 0 aromatic heterocycles. The second-order valence-electron chi connectivity index (χ2n) is 6.19. The van der Waals surface area contributed by atoms with Gasteiger partial charge in [-0.1, -0.05) is 43.6 Å². The molecule has 4 atom stereocenters. The van der Waals surface area contributed by atoms with Gasteiger partial charge in [-0.2, -0.15) is 0 Å². The van der Waals surface area contributed by atoms with Crippen molar-refractivity contribution in [1.82, 2.24) is 0 Å². The van der Waals surface area contributed by atoms with Crippen molar-refractivity contribution in [3.8, 4) is 0 Å². The number of hydrogen-bond acceptors (Lipinski definition) is 0. The molecule has 3 rings (SSSR count). The lowest BCUT2D eigenvalue weighted by molar-refractivity contribution is 0.248. The van der Waals surface area contributed by atoms with Gasteiger partial charge in [0.2, 0.25) is 0 Å². The lowest BCUT2D eigenvalue weighted by atomic mass is 9.66. The van der Waals surface area contributed by atoms with Gasteiger partial charge in [-0.15, -0.1) is 9.24 Å². The molecule has 0 heterocycles. The summed E-state index contributed by atoms with van der Waals surface area (Å²) in [7, 11) is 2.82. The van der Waals surface area contributed by atoms with Crippen molar-refractivity contribution in [1.29, 1.82) is 0 Å². The largest absolute Gasteiger partial charge is 0.138 e. The fourth-order valence-corrected chi connectivity index (χ4v) is 3.90. The van der Waals surface area contributed by atoms with Crippen LogP contribution in [-0.4, -0.2) is 6.16 Å². The molecule has 4 unspecified atom stereocenters. The molecule has 3 aliphatic rings. The highest BCUT2D eigenvalue weighted by Gasteiger charge is 2.32. The number of rotatable bonds is 8. The Morgan fingerprint density at radius 2 is 1.83 bits per heavy atom. The second kappa shape index (κ2) is 7.49. The van der Waals surface area contributed by atoms with E-state index in [9.17, 15) is 0 Å². The molecule has 102 valence electrons. The van der Waals surface area contributed by atoms with Gasteiger partial charge in [-0.25, -0.2) is 0 Å². The number of fused-ring (bicyclic) bond motifs is 2. The summed E-state index contributed by atoms with van der Waals surface area (Å²) in [6.45, 7) is 4.39. The minimum Gasteiger partial charge on any atom is -0.138 e. The lowest BCUT2D eigenvalue weighted by Crippen LogP contribution is -2.28. The molecular weight excluding hydrogens is 235 g/mol. The highest BCUT2D eigenvalue weighted by atomic mass is 31.0. The molecule has 3 aliphatic carbocycles. The van der Waals surface area contributed by atoms with Crippen LogP contribution in [0.4, 0.5) is 0 Å². The van der Waals surface area contributed by atoms with Gasteiger partial charge in [0.15, 0.2) is 0 Å². The van der Waals surface area contributed by atoms with E-state index in [-0.39, 0.29) is 0 Å². The van der Waals surface area contributed by atoms with Crippen LogP contribution < -0.4 is 0 Å². The summed E-state index contributed by atoms with van der Waals surface area (Å²) in [4.78, 5) is 0. The van der Waals surface area contributed by atoms with E-state index in [0.717, 1.165) is 17.8 Å². The van der Waals surface area contributed by atoms with Crippen LogP contribution in [0.15, 0.2) is 24.3 Å². The molecule has 0 nitrogen and oxygen atoms in total. The Morgan fingerprint density at radius 3 is 2.44 bits per heavy atom. The van der Waals surface area contributed by atoms with E-state index in [1.54, 1.807) is 5.57 Å². The Balaban J connectivity index is 1.62.